The lowest BCUT2D eigenvalue weighted by atomic mass is 9.88. The van der Waals surface area contributed by atoms with Crippen molar-refractivity contribution in [1.82, 2.24) is 4.90 Å². The third-order valence-electron chi connectivity index (χ3n) is 4.29. The number of methoxy groups -OCH3 is 2. The van der Waals surface area contributed by atoms with Crippen LogP contribution in [0.4, 0.5) is 9.18 Å². The number of hydrogen-bond acceptors (Lipinski definition) is 3. The van der Waals surface area contributed by atoms with Gasteiger partial charge in [-0.1, -0.05) is 12.1 Å². The van der Waals surface area contributed by atoms with Gasteiger partial charge in [0, 0.05) is 6.54 Å². The van der Waals surface area contributed by atoms with Crippen LogP contribution in [0.1, 0.15) is 22.7 Å². The molecule has 0 radical (unpaired) electrons. The Bertz CT molecular complexity index is 764. The van der Waals surface area contributed by atoms with E-state index in [1.165, 1.54) is 12.1 Å². The fourth-order valence-electron chi connectivity index (χ4n) is 3.14. The molecular formula is C18H17ClFNO3. The van der Waals surface area contributed by atoms with Crippen LogP contribution < -0.4 is 9.47 Å². The van der Waals surface area contributed by atoms with Gasteiger partial charge < -0.3 is 14.4 Å². The molecule has 126 valence electrons. The van der Waals surface area contributed by atoms with E-state index in [0.29, 0.717) is 24.5 Å². The molecule has 1 aliphatic rings. The van der Waals surface area contributed by atoms with Crippen molar-refractivity contribution in [3.8, 4) is 11.5 Å². The van der Waals surface area contributed by atoms with E-state index >= 15 is 0 Å². The Kier molecular flexibility index (Phi) is 4.62. The lowest BCUT2D eigenvalue weighted by Gasteiger charge is -2.36. The summed E-state index contributed by atoms with van der Waals surface area (Å²) in [5.74, 6) is 0.887. The Morgan fingerprint density at radius 1 is 1.17 bits per heavy atom. The van der Waals surface area contributed by atoms with E-state index in [-0.39, 0.29) is 11.9 Å². The third-order valence-corrected chi connectivity index (χ3v) is 4.50. The van der Waals surface area contributed by atoms with E-state index in [1.807, 2.05) is 12.1 Å². The van der Waals surface area contributed by atoms with Crippen LogP contribution >= 0.6 is 11.6 Å². The van der Waals surface area contributed by atoms with Crippen molar-refractivity contribution < 1.29 is 18.7 Å². The zero-order valence-electron chi connectivity index (χ0n) is 13.4. The first-order valence-electron chi connectivity index (χ1n) is 7.51. The third kappa shape index (κ3) is 2.91. The number of ether oxygens (including phenoxy) is 2. The number of hydrogen-bond donors (Lipinski definition) is 0. The molecule has 0 aromatic heterocycles. The first-order valence-corrected chi connectivity index (χ1v) is 7.89. The number of amides is 1. The normalized spacial score (nSPS) is 16.5. The highest BCUT2D eigenvalue weighted by Crippen LogP contribution is 2.41. The topological polar surface area (TPSA) is 38.8 Å². The fraction of sp³-hybridized carbons (Fsp3) is 0.278. The minimum absolute atomic E-state index is 0.328. The molecule has 0 saturated carbocycles. The van der Waals surface area contributed by atoms with Crippen molar-refractivity contribution in [3.05, 3.63) is 58.9 Å². The molecule has 1 heterocycles. The highest BCUT2D eigenvalue weighted by Gasteiger charge is 2.32. The molecule has 1 amide bonds. The average molecular weight is 350 g/mol. The molecule has 2 aromatic carbocycles. The monoisotopic (exact) mass is 349 g/mol. The number of benzene rings is 2. The number of rotatable bonds is 3. The lowest BCUT2D eigenvalue weighted by Crippen LogP contribution is -2.37. The van der Waals surface area contributed by atoms with E-state index in [9.17, 15) is 9.18 Å². The zero-order chi connectivity index (χ0) is 17.3. The van der Waals surface area contributed by atoms with Crippen LogP contribution in [0.25, 0.3) is 0 Å². The summed E-state index contributed by atoms with van der Waals surface area (Å²) in [6.07, 6.45) is 0.659. The van der Waals surface area contributed by atoms with Gasteiger partial charge in [0.2, 0.25) is 0 Å². The highest BCUT2D eigenvalue weighted by molar-refractivity contribution is 6.62. The molecule has 1 atom stereocenters. The van der Waals surface area contributed by atoms with Gasteiger partial charge in [0.05, 0.1) is 20.3 Å². The first-order chi connectivity index (χ1) is 11.5. The van der Waals surface area contributed by atoms with Crippen LogP contribution in [0.15, 0.2) is 36.4 Å². The molecule has 0 saturated heterocycles. The Balaban J connectivity index is 2.16. The minimum atomic E-state index is -0.537. The van der Waals surface area contributed by atoms with E-state index in [2.05, 4.69) is 0 Å². The van der Waals surface area contributed by atoms with Gasteiger partial charge in [0.1, 0.15) is 5.82 Å². The standard InChI is InChI=1S/C18H17ClFNO3/c1-23-15-9-12-7-8-21(18(19)22)17(14(12)10-16(15)24-2)11-3-5-13(20)6-4-11/h3-6,9-10,17H,7-8H2,1-2H3. The number of fused-ring (bicyclic) bond motifs is 1. The van der Waals surface area contributed by atoms with Crippen LogP contribution in [0, 0.1) is 5.82 Å². The van der Waals surface area contributed by atoms with E-state index in [4.69, 9.17) is 21.1 Å². The zero-order valence-corrected chi connectivity index (χ0v) is 14.1. The second kappa shape index (κ2) is 6.69. The molecule has 24 heavy (non-hydrogen) atoms. The average Bonchev–Trinajstić information content (AvgIpc) is 2.60. The molecule has 2 aromatic rings. The largest absolute Gasteiger partial charge is 0.493 e. The van der Waals surface area contributed by atoms with Gasteiger partial charge in [-0.05, 0) is 59.0 Å². The van der Waals surface area contributed by atoms with E-state index in [1.54, 1.807) is 31.3 Å². The van der Waals surface area contributed by atoms with Crippen molar-refractivity contribution >= 4 is 17.0 Å². The fourth-order valence-corrected chi connectivity index (χ4v) is 3.32. The molecular weight excluding hydrogens is 333 g/mol. The Morgan fingerprint density at radius 2 is 1.79 bits per heavy atom. The molecule has 0 fully saturated rings. The smallest absolute Gasteiger partial charge is 0.317 e. The van der Waals surface area contributed by atoms with E-state index in [0.717, 1.165) is 16.7 Å². The Hall–Kier alpha value is -2.27. The van der Waals surface area contributed by atoms with Crippen molar-refractivity contribution in [1.29, 1.82) is 0 Å². The second-order valence-corrected chi connectivity index (χ2v) is 5.88. The summed E-state index contributed by atoms with van der Waals surface area (Å²) in [6, 6.07) is 9.47. The van der Waals surface area contributed by atoms with Crippen molar-refractivity contribution in [2.24, 2.45) is 0 Å². The molecule has 3 rings (SSSR count). The van der Waals surface area contributed by atoms with Gasteiger partial charge in [-0.3, -0.25) is 4.79 Å². The predicted molar refractivity (Wildman–Crippen MR) is 89.4 cm³/mol. The van der Waals surface area contributed by atoms with Crippen LogP contribution in [-0.2, 0) is 6.42 Å². The first kappa shape index (κ1) is 16.6. The molecule has 0 bridgehead atoms. The number of halogens is 2. The number of carbonyl (C=O) groups excluding carboxylic acids is 1. The quantitative estimate of drug-likeness (QED) is 0.617. The van der Waals surface area contributed by atoms with Crippen molar-refractivity contribution in [2.45, 2.75) is 12.5 Å². The van der Waals surface area contributed by atoms with Crippen LogP contribution in [0.5, 0.6) is 11.5 Å². The lowest BCUT2D eigenvalue weighted by molar-refractivity contribution is 0.204. The number of carbonyl (C=O) groups is 1. The minimum Gasteiger partial charge on any atom is -0.493 e. The highest BCUT2D eigenvalue weighted by atomic mass is 35.5. The molecule has 0 N–H and O–H groups in total. The summed E-state index contributed by atoms with van der Waals surface area (Å²) >= 11 is 5.79. The van der Waals surface area contributed by atoms with Gasteiger partial charge >= 0.3 is 5.37 Å². The summed E-state index contributed by atoms with van der Waals surface area (Å²) in [5, 5.41) is -0.537. The summed E-state index contributed by atoms with van der Waals surface area (Å²) in [7, 11) is 3.14. The summed E-state index contributed by atoms with van der Waals surface area (Å²) in [4.78, 5) is 13.5. The van der Waals surface area contributed by atoms with Gasteiger partial charge in [0.25, 0.3) is 0 Å². The summed E-state index contributed by atoms with van der Waals surface area (Å²) in [6.45, 7) is 0.479. The predicted octanol–water partition coefficient (Wildman–Crippen LogP) is 4.15. The Labute approximate surface area is 144 Å². The van der Waals surface area contributed by atoms with Gasteiger partial charge in [-0.25, -0.2) is 4.39 Å². The van der Waals surface area contributed by atoms with Gasteiger partial charge in [-0.15, -0.1) is 0 Å². The van der Waals surface area contributed by atoms with Gasteiger partial charge in [0.15, 0.2) is 11.5 Å². The van der Waals surface area contributed by atoms with Gasteiger partial charge in [-0.2, -0.15) is 0 Å². The van der Waals surface area contributed by atoms with Crippen LogP contribution in [-0.4, -0.2) is 31.0 Å². The van der Waals surface area contributed by atoms with E-state index < -0.39 is 5.37 Å². The summed E-state index contributed by atoms with van der Waals surface area (Å²) < 4.78 is 24.0. The van der Waals surface area contributed by atoms with Crippen molar-refractivity contribution in [2.75, 3.05) is 20.8 Å². The second-order valence-electron chi connectivity index (χ2n) is 5.56. The molecule has 6 heteroatoms. The van der Waals surface area contributed by atoms with Crippen LogP contribution in [0.3, 0.4) is 0 Å². The molecule has 1 unspecified atom stereocenters. The Morgan fingerprint density at radius 3 is 2.38 bits per heavy atom. The maximum absolute atomic E-state index is 13.3. The number of nitrogens with zero attached hydrogens (tertiary/aromatic N) is 1. The maximum Gasteiger partial charge on any atom is 0.317 e. The summed E-state index contributed by atoms with van der Waals surface area (Å²) in [5.41, 5.74) is 2.74. The molecule has 0 spiro atoms. The molecule has 0 aliphatic carbocycles. The maximum atomic E-state index is 13.3. The van der Waals surface area contributed by atoms with Crippen molar-refractivity contribution in [3.63, 3.8) is 0 Å². The SMILES string of the molecule is COc1cc2c(cc1OC)C(c1ccc(F)cc1)N(C(=O)Cl)CC2. The molecule has 4 nitrogen and oxygen atoms in total. The molecule has 1 aliphatic heterocycles. The van der Waals surface area contributed by atoms with Crippen LogP contribution in [0.2, 0.25) is 0 Å².